The number of pyridine rings is 1. The first-order valence-corrected chi connectivity index (χ1v) is 11.1. The van der Waals surface area contributed by atoms with Gasteiger partial charge in [0, 0.05) is 23.3 Å². The van der Waals surface area contributed by atoms with Crippen LogP contribution in [0.2, 0.25) is 0 Å². The van der Waals surface area contributed by atoms with Crippen molar-refractivity contribution in [3.05, 3.63) is 65.2 Å². The Balaban J connectivity index is 1.08. The van der Waals surface area contributed by atoms with E-state index in [1.165, 1.54) is 6.07 Å². The number of aromatic nitrogens is 1. The second kappa shape index (κ2) is 8.26. The number of nitrogens with zero attached hydrogens (tertiary/aromatic N) is 1. The number of ether oxygens (including phenoxy) is 2. The van der Waals surface area contributed by atoms with E-state index in [1.807, 2.05) is 12.1 Å². The molecule has 2 heterocycles. The smallest absolute Gasteiger partial charge is 0.258 e. The summed E-state index contributed by atoms with van der Waals surface area (Å²) in [5.74, 6) is -0.449. The Morgan fingerprint density at radius 1 is 1.15 bits per heavy atom. The average molecular weight is 451 g/mol. The highest BCUT2D eigenvalue weighted by molar-refractivity contribution is 5.95. The predicted octanol–water partition coefficient (Wildman–Crippen LogP) is 2.93. The number of rotatable bonds is 7. The molecule has 172 valence electrons. The van der Waals surface area contributed by atoms with E-state index in [2.05, 4.69) is 15.6 Å². The summed E-state index contributed by atoms with van der Waals surface area (Å²) < 4.78 is 24.3. The van der Waals surface area contributed by atoms with Gasteiger partial charge < -0.3 is 20.1 Å². The van der Waals surface area contributed by atoms with Gasteiger partial charge in [-0.15, -0.1) is 0 Å². The van der Waals surface area contributed by atoms with Gasteiger partial charge in [-0.25, -0.2) is 4.39 Å². The zero-order chi connectivity index (χ0) is 23.1. The van der Waals surface area contributed by atoms with Gasteiger partial charge in [-0.2, -0.15) is 0 Å². The molecule has 3 fully saturated rings. The fraction of sp³-hybridized carbons (Fsp3) is 0.400. The van der Waals surface area contributed by atoms with Gasteiger partial charge in [0.25, 0.3) is 11.8 Å². The molecular weight excluding hydrogens is 425 g/mol. The maximum Gasteiger partial charge on any atom is 0.258 e. The molecule has 0 unspecified atom stereocenters. The highest BCUT2D eigenvalue weighted by Gasteiger charge is 2.69. The number of benzene rings is 1. The van der Waals surface area contributed by atoms with Crippen LogP contribution in [0.1, 0.15) is 47.3 Å². The van der Waals surface area contributed by atoms with E-state index in [1.54, 1.807) is 31.3 Å². The number of nitrogens with one attached hydrogen (secondary N) is 2. The van der Waals surface area contributed by atoms with E-state index in [0.29, 0.717) is 49.4 Å². The van der Waals surface area contributed by atoms with Crippen LogP contribution in [0, 0.1) is 12.7 Å². The fourth-order valence-corrected chi connectivity index (χ4v) is 4.99. The number of carbonyl (C=O) groups is 2. The van der Waals surface area contributed by atoms with Crippen LogP contribution in [0.4, 0.5) is 4.39 Å². The molecule has 0 saturated heterocycles. The number of amides is 2. The number of hydrogen-bond acceptors (Lipinski definition) is 5. The third kappa shape index (κ3) is 4.35. The van der Waals surface area contributed by atoms with Gasteiger partial charge in [-0.1, -0.05) is 12.1 Å². The molecule has 1 aromatic heterocycles. The lowest BCUT2D eigenvalue weighted by atomic mass is 9.44. The summed E-state index contributed by atoms with van der Waals surface area (Å²) in [5, 5.41) is 6.10. The van der Waals surface area contributed by atoms with Crippen molar-refractivity contribution in [3.63, 3.8) is 0 Å². The standard InChI is InChI=1S/C25H26FN3O4/c1-16-2-4-19(10-20(16)26)33-12-22(30)28-24-13-25(14-24,15-24)29-23(31)18-3-5-21(27-11-18)17-6-8-32-9-7-17/h2-6,10-11H,7-9,12-15H2,1H3,(H,28,30)(H,29,31). The summed E-state index contributed by atoms with van der Waals surface area (Å²) >= 11 is 0. The average Bonchev–Trinajstić information content (AvgIpc) is 2.78. The largest absolute Gasteiger partial charge is 0.484 e. The molecule has 2 N–H and O–H groups in total. The van der Waals surface area contributed by atoms with Crippen molar-refractivity contribution in [1.82, 2.24) is 15.6 Å². The first-order chi connectivity index (χ1) is 15.9. The normalized spacial score (nSPS) is 25.2. The summed E-state index contributed by atoms with van der Waals surface area (Å²) in [6.07, 6.45) is 6.52. The van der Waals surface area contributed by atoms with Crippen molar-refractivity contribution in [2.45, 2.75) is 43.7 Å². The van der Waals surface area contributed by atoms with Crippen LogP contribution in [-0.4, -0.2) is 47.7 Å². The minimum Gasteiger partial charge on any atom is -0.484 e. The molecule has 2 amide bonds. The third-order valence-corrected chi connectivity index (χ3v) is 6.64. The van der Waals surface area contributed by atoms with Crippen LogP contribution in [0.5, 0.6) is 5.75 Å². The van der Waals surface area contributed by atoms with Crippen LogP contribution in [0.25, 0.3) is 5.57 Å². The molecule has 1 aromatic carbocycles. The first-order valence-electron chi connectivity index (χ1n) is 11.1. The lowest BCUT2D eigenvalue weighted by Gasteiger charge is -2.70. The molecule has 2 bridgehead atoms. The molecule has 3 aliphatic carbocycles. The van der Waals surface area contributed by atoms with E-state index < -0.39 is 0 Å². The lowest BCUT2D eigenvalue weighted by molar-refractivity contribution is -0.141. The van der Waals surface area contributed by atoms with Crippen LogP contribution in [-0.2, 0) is 9.53 Å². The third-order valence-electron chi connectivity index (χ3n) is 6.64. The van der Waals surface area contributed by atoms with Crippen molar-refractivity contribution >= 4 is 17.4 Å². The molecule has 6 rings (SSSR count). The SMILES string of the molecule is Cc1ccc(OCC(=O)NC23CC(NC(=O)c4ccc(C5=CCOCC5)nc4)(C2)C3)cc1F. The zero-order valence-electron chi connectivity index (χ0n) is 18.4. The van der Waals surface area contributed by atoms with Crippen molar-refractivity contribution in [2.24, 2.45) is 0 Å². The van der Waals surface area contributed by atoms with Gasteiger partial charge in [0.05, 0.1) is 24.5 Å². The Morgan fingerprint density at radius 2 is 1.94 bits per heavy atom. The predicted molar refractivity (Wildman–Crippen MR) is 119 cm³/mol. The van der Waals surface area contributed by atoms with Gasteiger partial charge >= 0.3 is 0 Å². The highest BCUT2D eigenvalue weighted by atomic mass is 19.1. The van der Waals surface area contributed by atoms with Crippen molar-refractivity contribution in [1.29, 1.82) is 0 Å². The van der Waals surface area contributed by atoms with Crippen molar-refractivity contribution in [2.75, 3.05) is 19.8 Å². The molecule has 2 aromatic rings. The van der Waals surface area contributed by atoms with E-state index >= 15 is 0 Å². The highest BCUT2D eigenvalue weighted by Crippen LogP contribution is 2.60. The van der Waals surface area contributed by atoms with E-state index in [-0.39, 0.29) is 35.3 Å². The summed E-state index contributed by atoms with van der Waals surface area (Å²) in [5.41, 5.74) is 2.50. The first kappa shape index (κ1) is 21.6. The van der Waals surface area contributed by atoms with Crippen LogP contribution in [0.3, 0.4) is 0 Å². The molecular formula is C25H26FN3O4. The van der Waals surface area contributed by atoms with Gasteiger partial charge in [0.15, 0.2) is 6.61 Å². The Hall–Kier alpha value is -3.26. The Kier molecular flexibility index (Phi) is 5.40. The summed E-state index contributed by atoms with van der Waals surface area (Å²) in [6, 6.07) is 8.19. The monoisotopic (exact) mass is 451 g/mol. The Labute approximate surface area is 191 Å². The molecule has 8 heteroatoms. The summed E-state index contributed by atoms with van der Waals surface area (Å²) in [6.45, 7) is 2.77. The van der Waals surface area contributed by atoms with Crippen LogP contribution < -0.4 is 15.4 Å². The second-order valence-electron chi connectivity index (χ2n) is 9.28. The Morgan fingerprint density at radius 3 is 2.61 bits per heavy atom. The van der Waals surface area contributed by atoms with Gasteiger partial charge in [-0.05, 0) is 61.9 Å². The second-order valence-corrected chi connectivity index (χ2v) is 9.28. The minimum atomic E-state index is -0.365. The molecule has 33 heavy (non-hydrogen) atoms. The van der Waals surface area contributed by atoms with E-state index in [4.69, 9.17) is 9.47 Å². The quantitative estimate of drug-likeness (QED) is 0.676. The minimum absolute atomic E-state index is 0.153. The summed E-state index contributed by atoms with van der Waals surface area (Å²) in [4.78, 5) is 29.4. The number of hydrogen-bond donors (Lipinski definition) is 2. The Bertz CT molecular complexity index is 1110. The molecule has 7 nitrogen and oxygen atoms in total. The van der Waals surface area contributed by atoms with E-state index in [9.17, 15) is 14.0 Å². The van der Waals surface area contributed by atoms with Gasteiger partial charge in [-0.3, -0.25) is 14.6 Å². The maximum absolute atomic E-state index is 13.6. The van der Waals surface area contributed by atoms with Crippen molar-refractivity contribution < 1.29 is 23.5 Å². The molecule has 0 atom stereocenters. The molecule has 4 aliphatic rings. The van der Waals surface area contributed by atoms with Gasteiger partial charge in [0.2, 0.25) is 0 Å². The fourth-order valence-electron chi connectivity index (χ4n) is 4.99. The van der Waals surface area contributed by atoms with Crippen LogP contribution in [0.15, 0.2) is 42.6 Å². The number of aryl methyl sites for hydroxylation is 1. The number of halogens is 1. The zero-order valence-corrected chi connectivity index (χ0v) is 18.4. The topological polar surface area (TPSA) is 89.6 Å². The van der Waals surface area contributed by atoms with E-state index in [0.717, 1.165) is 17.7 Å². The number of carbonyl (C=O) groups excluding carboxylic acids is 2. The molecule has 0 radical (unpaired) electrons. The van der Waals surface area contributed by atoms with Crippen molar-refractivity contribution in [3.8, 4) is 5.75 Å². The van der Waals surface area contributed by atoms with Crippen LogP contribution >= 0.6 is 0 Å². The lowest BCUT2D eigenvalue weighted by Crippen LogP contribution is -2.84. The molecule has 1 aliphatic heterocycles. The summed E-state index contributed by atoms with van der Waals surface area (Å²) in [7, 11) is 0. The molecule has 0 spiro atoms. The molecule has 3 saturated carbocycles. The maximum atomic E-state index is 13.6. The van der Waals surface area contributed by atoms with Gasteiger partial charge in [0.1, 0.15) is 11.6 Å².